The van der Waals surface area contributed by atoms with Crippen LogP contribution in [-0.4, -0.2) is 41.0 Å². The van der Waals surface area contributed by atoms with E-state index in [4.69, 9.17) is 10.5 Å². The zero-order valence-corrected chi connectivity index (χ0v) is 15.0. The van der Waals surface area contributed by atoms with Crippen molar-refractivity contribution in [2.45, 2.75) is 31.2 Å². The van der Waals surface area contributed by atoms with E-state index < -0.39 is 17.9 Å². The van der Waals surface area contributed by atoms with Crippen molar-refractivity contribution in [2.24, 2.45) is 5.73 Å². The maximum absolute atomic E-state index is 13.1. The number of ether oxygens (including phenoxy) is 1. The summed E-state index contributed by atoms with van der Waals surface area (Å²) in [6, 6.07) is 5.05. The predicted molar refractivity (Wildman–Crippen MR) is 100 cm³/mol. The number of benzene rings is 1. The van der Waals surface area contributed by atoms with Crippen LogP contribution in [0.3, 0.4) is 0 Å². The van der Waals surface area contributed by atoms with Gasteiger partial charge < -0.3 is 26.4 Å². The summed E-state index contributed by atoms with van der Waals surface area (Å²) in [6.45, 7) is 1.46. The Morgan fingerprint density at radius 2 is 2.18 bits per heavy atom. The fourth-order valence-electron chi connectivity index (χ4n) is 3.17. The maximum atomic E-state index is 13.1. The van der Waals surface area contributed by atoms with E-state index in [1.54, 1.807) is 0 Å². The summed E-state index contributed by atoms with van der Waals surface area (Å²) in [6.07, 6.45) is 1.56. The molecule has 5 N–H and O–H groups in total. The van der Waals surface area contributed by atoms with Gasteiger partial charge >= 0.3 is 0 Å². The summed E-state index contributed by atoms with van der Waals surface area (Å²) in [5, 5.41) is 9.20. The van der Waals surface area contributed by atoms with Crippen LogP contribution in [0, 0.1) is 0 Å². The van der Waals surface area contributed by atoms with E-state index in [-0.39, 0.29) is 30.2 Å². The first-order chi connectivity index (χ1) is 13.4. The number of nitrogens with two attached hydrogens (primary N) is 1. The average Bonchev–Trinajstić information content (AvgIpc) is 2.85. The van der Waals surface area contributed by atoms with Crippen LogP contribution in [-0.2, 0) is 0 Å². The van der Waals surface area contributed by atoms with Gasteiger partial charge in [-0.05, 0) is 24.6 Å². The number of nitrogens with one attached hydrogen (secondary N) is 3. The number of primary amides is 1. The van der Waals surface area contributed by atoms with E-state index in [0.29, 0.717) is 12.3 Å². The minimum atomic E-state index is -2.68. The lowest BCUT2D eigenvalue weighted by molar-refractivity contribution is -0.0794. The highest BCUT2D eigenvalue weighted by Gasteiger charge is 2.45. The molecule has 1 aromatic carbocycles. The van der Waals surface area contributed by atoms with Gasteiger partial charge in [-0.2, -0.15) is 4.98 Å². The second-order valence-electron chi connectivity index (χ2n) is 6.89. The Kier molecular flexibility index (Phi) is 4.62. The van der Waals surface area contributed by atoms with Crippen molar-refractivity contribution in [3.05, 3.63) is 30.0 Å². The van der Waals surface area contributed by atoms with Crippen molar-refractivity contribution in [1.82, 2.24) is 9.97 Å². The molecule has 0 unspecified atom stereocenters. The smallest absolute Gasteiger partial charge is 0.254 e. The minimum Gasteiger partial charge on any atom is -0.491 e. The molecule has 2 heterocycles. The molecule has 2 aliphatic rings. The van der Waals surface area contributed by atoms with E-state index >= 15 is 0 Å². The van der Waals surface area contributed by atoms with E-state index in [2.05, 4.69) is 25.9 Å². The Morgan fingerprint density at radius 3 is 2.93 bits per heavy atom. The number of nitrogens with zero attached hydrogens (tertiary/aromatic N) is 2. The van der Waals surface area contributed by atoms with Gasteiger partial charge in [0.2, 0.25) is 5.95 Å². The molecule has 0 bridgehead atoms. The van der Waals surface area contributed by atoms with Gasteiger partial charge in [-0.1, -0.05) is 0 Å². The van der Waals surface area contributed by atoms with Crippen LogP contribution in [0.25, 0.3) is 0 Å². The quantitative estimate of drug-likeness (QED) is 0.621. The molecule has 1 aliphatic heterocycles. The average molecular weight is 390 g/mol. The zero-order chi connectivity index (χ0) is 19.7. The lowest BCUT2D eigenvalue weighted by atomic mass is 9.88. The number of halogens is 2. The molecular weight excluding hydrogens is 370 g/mol. The third-order valence-electron chi connectivity index (χ3n) is 4.61. The topological polar surface area (TPSA) is 114 Å². The van der Waals surface area contributed by atoms with Crippen molar-refractivity contribution in [2.75, 3.05) is 29.1 Å². The second kappa shape index (κ2) is 7.10. The molecule has 2 aromatic rings. The van der Waals surface area contributed by atoms with Crippen LogP contribution < -0.4 is 26.4 Å². The fourth-order valence-corrected chi connectivity index (χ4v) is 3.17. The molecule has 8 nitrogen and oxygen atoms in total. The highest BCUT2D eigenvalue weighted by Crippen LogP contribution is 2.39. The van der Waals surface area contributed by atoms with Gasteiger partial charge in [-0.3, -0.25) is 4.79 Å². The Morgan fingerprint density at radius 1 is 1.36 bits per heavy atom. The van der Waals surface area contributed by atoms with Crippen LogP contribution >= 0.6 is 0 Å². The molecule has 0 spiro atoms. The molecule has 1 aromatic heterocycles. The number of hydrogen-bond donors (Lipinski definition) is 4. The van der Waals surface area contributed by atoms with Gasteiger partial charge in [0.25, 0.3) is 11.8 Å². The van der Waals surface area contributed by atoms with Gasteiger partial charge in [0.15, 0.2) is 0 Å². The number of carbonyl (C=O) groups excluding carboxylic acids is 1. The van der Waals surface area contributed by atoms with Crippen LogP contribution in [0.1, 0.15) is 29.6 Å². The lowest BCUT2D eigenvalue weighted by Crippen LogP contribution is -2.44. The molecule has 1 saturated carbocycles. The normalized spacial score (nSPS) is 17.9. The predicted octanol–water partition coefficient (Wildman–Crippen LogP) is 2.72. The van der Waals surface area contributed by atoms with Crippen molar-refractivity contribution in [3.63, 3.8) is 0 Å². The first kappa shape index (κ1) is 18.2. The van der Waals surface area contributed by atoms with Gasteiger partial charge in [0, 0.05) is 37.3 Å². The molecule has 148 valence electrons. The summed E-state index contributed by atoms with van der Waals surface area (Å²) >= 11 is 0. The highest BCUT2D eigenvalue weighted by atomic mass is 19.3. The number of rotatable bonds is 5. The van der Waals surface area contributed by atoms with Crippen molar-refractivity contribution in [1.29, 1.82) is 0 Å². The van der Waals surface area contributed by atoms with Gasteiger partial charge in [0.05, 0.1) is 17.9 Å². The number of aromatic nitrogens is 2. The minimum absolute atomic E-state index is 0.0535. The van der Waals surface area contributed by atoms with Gasteiger partial charge in [-0.25, -0.2) is 13.8 Å². The summed E-state index contributed by atoms with van der Waals surface area (Å²) in [5.41, 5.74) is 6.97. The number of anilines is 4. The zero-order valence-electron chi connectivity index (χ0n) is 15.0. The van der Waals surface area contributed by atoms with Crippen LogP contribution in [0.2, 0.25) is 0 Å². The first-order valence-electron chi connectivity index (χ1n) is 8.99. The van der Waals surface area contributed by atoms with Crippen molar-refractivity contribution in [3.8, 4) is 5.75 Å². The number of fused-ring (bicyclic) bond motifs is 1. The van der Waals surface area contributed by atoms with E-state index in [9.17, 15) is 13.6 Å². The highest BCUT2D eigenvalue weighted by molar-refractivity contribution is 5.97. The lowest BCUT2D eigenvalue weighted by Gasteiger charge is -2.35. The first-order valence-corrected chi connectivity index (χ1v) is 8.99. The maximum Gasteiger partial charge on any atom is 0.254 e. The van der Waals surface area contributed by atoms with Crippen LogP contribution in [0.15, 0.2) is 24.4 Å². The summed E-state index contributed by atoms with van der Waals surface area (Å²) in [7, 11) is 0. The van der Waals surface area contributed by atoms with Crippen molar-refractivity contribution >= 4 is 29.0 Å². The molecule has 0 saturated heterocycles. The molecular formula is C18H20F2N6O2. The Hall–Kier alpha value is -3.17. The van der Waals surface area contributed by atoms with E-state index in [1.165, 1.54) is 6.20 Å². The van der Waals surface area contributed by atoms with E-state index in [0.717, 1.165) is 24.4 Å². The largest absolute Gasteiger partial charge is 0.491 e. The Balaban J connectivity index is 1.54. The number of carbonyl (C=O) groups is 1. The molecule has 4 rings (SSSR count). The Labute approximate surface area is 159 Å². The molecule has 1 aliphatic carbocycles. The fraction of sp³-hybridized carbons (Fsp3) is 0.389. The standard InChI is InChI=1S/C18H20F2N6O2/c19-18(20)7-11(8-18)24-16-12(15(21)27)9-23-17(26-16)25-10-2-3-14-13(6-10)22-4-1-5-28-14/h2-3,6,9,11,22H,1,4-5,7-8H2,(H2,21,27)(H2,23,24,25,26). The molecule has 10 heteroatoms. The number of alkyl halides is 2. The molecule has 0 radical (unpaired) electrons. The van der Waals surface area contributed by atoms with Crippen LogP contribution in [0.4, 0.5) is 31.9 Å². The SMILES string of the molecule is NC(=O)c1cnc(Nc2ccc3c(c2)NCCCO3)nc1NC1CC(F)(F)C1. The molecule has 28 heavy (non-hydrogen) atoms. The van der Waals surface area contributed by atoms with Gasteiger partial charge in [0.1, 0.15) is 11.6 Å². The second-order valence-corrected chi connectivity index (χ2v) is 6.89. The third-order valence-corrected chi connectivity index (χ3v) is 4.61. The van der Waals surface area contributed by atoms with Crippen LogP contribution in [0.5, 0.6) is 5.75 Å². The summed E-state index contributed by atoms with van der Waals surface area (Å²) < 4.78 is 31.8. The molecule has 1 amide bonds. The monoisotopic (exact) mass is 390 g/mol. The number of hydrogen-bond acceptors (Lipinski definition) is 7. The summed E-state index contributed by atoms with van der Waals surface area (Å²) in [4.78, 5) is 20.0. The number of amides is 1. The third kappa shape index (κ3) is 3.90. The molecule has 0 atom stereocenters. The summed E-state index contributed by atoms with van der Waals surface area (Å²) in [5.74, 6) is -2.29. The molecule has 1 fully saturated rings. The van der Waals surface area contributed by atoms with Gasteiger partial charge in [-0.15, -0.1) is 0 Å². The Bertz CT molecular complexity index is 900. The van der Waals surface area contributed by atoms with Crippen molar-refractivity contribution < 1.29 is 18.3 Å². The van der Waals surface area contributed by atoms with E-state index in [1.807, 2.05) is 18.2 Å².